The van der Waals surface area contributed by atoms with Crippen LogP contribution in [-0.2, 0) is 20.8 Å². The summed E-state index contributed by atoms with van der Waals surface area (Å²) in [6.45, 7) is 0. The lowest BCUT2D eigenvalue weighted by atomic mass is 9.95. The number of fused-ring (bicyclic) bond motifs is 2. The molecule has 3 amide bonds. The highest BCUT2D eigenvalue weighted by Crippen LogP contribution is 2.36. The Labute approximate surface area is 245 Å². The van der Waals surface area contributed by atoms with Gasteiger partial charge in [0.05, 0.1) is 22.9 Å². The van der Waals surface area contributed by atoms with Crippen LogP contribution < -0.4 is 16.4 Å². The molecule has 3 heterocycles. The Morgan fingerprint density at radius 1 is 1.09 bits per heavy atom. The minimum absolute atomic E-state index is 0.0700. The second kappa shape index (κ2) is 11.5. The topological polar surface area (TPSA) is 185 Å². The second-order valence-corrected chi connectivity index (χ2v) is 10.8. The van der Waals surface area contributed by atoms with Crippen molar-refractivity contribution in [1.82, 2.24) is 19.9 Å². The fourth-order valence-electron chi connectivity index (χ4n) is 5.84. The molecule has 12 nitrogen and oxygen atoms in total. The number of carbonyl (C=O) groups excluding carboxylic acids is 3. The SMILES string of the molecule is NC(=O)[C@H](Cc1c[nH]c2ccc(NC(=O)C(=O)O)cc12)NC(=O)c1ccc2c(c1)nc(-c1ccoc1)n2C1CCCCC1. The normalized spacial score (nSPS) is 14.5. The van der Waals surface area contributed by atoms with Crippen LogP contribution in [0.15, 0.2) is 65.6 Å². The summed E-state index contributed by atoms with van der Waals surface area (Å²) in [7, 11) is 0. The zero-order chi connectivity index (χ0) is 30.1. The largest absolute Gasteiger partial charge is 0.474 e. The molecule has 3 aromatic heterocycles. The molecule has 0 aliphatic heterocycles. The number of hydrogen-bond acceptors (Lipinski definition) is 6. The highest BCUT2D eigenvalue weighted by Gasteiger charge is 2.25. The van der Waals surface area contributed by atoms with Gasteiger partial charge in [-0.05, 0) is 60.9 Å². The summed E-state index contributed by atoms with van der Waals surface area (Å²) in [4.78, 5) is 56.3. The first-order valence-corrected chi connectivity index (χ1v) is 14.1. The zero-order valence-corrected chi connectivity index (χ0v) is 23.1. The van der Waals surface area contributed by atoms with E-state index >= 15 is 0 Å². The predicted octanol–water partition coefficient (Wildman–Crippen LogP) is 4.13. The van der Waals surface area contributed by atoms with E-state index in [1.807, 2.05) is 12.1 Å². The highest BCUT2D eigenvalue weighted by atomic mass is 16.4. The number of benzene rings is 2. The first kappa shape index (κ1) is 27.8. The number of nitrogens with zero attached hydrogens (tertiary/aromatic N) is 2. The van der Waals surface area contributed by atoms with Gasteiger partial charge in [-0.3, -0.25) is 14.4 Å². The van der Waals surface area contributed by atoms with E-state index in [0.717, 1.165) is 42.6 Å². The van der Waals surface area contributed by atoms with Gasteiger partial charge in [0.2, 0.25) is 5.91 Å². The van der Waals surface area contributed by atoms with E-state index in [4.69, 9.17) is 20.2 Å². The Balaban J connectivity index is 1.25. The Morgan fingerprint density at radius 2 is 1.91 bits per heavy atom. The van der Waals surface area contributed by atoms with E-state index in [2.05, 4.69) is 20.2 Å². The number of furan rings is 1. The molecule has 1 atom stereocenters. The summed E-state index contributed by atoms with van der Waals surface area (Å²) in [5, 5.41) is 14.6. The zero-order valence-electron chi connectivity index (χ0n) is 23.1. The summed E-state index contributed by atoms with van der Waals surface area (Å²) >= 11 is 0. The van der Waals surface area contributed by atoms with Crippen LogP contribution in [0.1, 0.15) is 54.1 Å². The third kappa shape index (κ3) is 5.59. The highest BCUT2D eigenvalue weighted by molar-refractivity contribution is 6.36. The van der Waals surface area contributed by atoms with Gasteiger partial charge in [0.15, 0.2) is 0 Å². The molecular formula is C31H30N6O6. The van der Waals surface area contributed by atoms with Gasteiger partial charge >= 0.3 is 11.9 Å². The fraction of sp³-hybridized carbons (Fsp3) is 0.258. The smallest absolute Gasteiger partial charge is 0.394 e. The Kier molecular flexibility index (Phi) is 7.41. The van der Waals surface area contributed by atoms with Gasteiger partial charge in [0, 0.05) is 40.8 Å². The molecular weight excluding hydrogens is 552 g/mol. The number of aliphatic carboxylic acids is 1. The van der Waals surface area contributed by atoms with Crippen molar-refractivity contribution >= 4 is 51.3 Å². The number of carbonyl (C=O) groups is 4. The third-order valence-electron chi connectivity index (χ3n) is 7.96. The van der Waals surface area contributed by atoms with E-state index in [1.165, 1.54) is 6.42 Å². The van der Waals surface area contributed by atoms with Crippen molar-refractivity contribution in [2.45, 2.75) is 50.6 Å². The molecule has 1 aliphatic rings. The molecule has 1 aliphatic carbocycles. The number of rotatable bonds is 8. The average Bonchev–Trinajstić information content (AvgIpc) is 3.75. The van der Waals surface area contributed by atoms with Crippen molar-refractivity contribution in [3.63, 3.8) is 0 Å². The Hall–Kier alpha value is -5.39. The van der Waals surface area contributed by atoms with Crippen molar-refractivity contribution in [2.75, 3.05) is 5.32 Å². The summed E-state index contributed by atoms with van der Waals surface area (Å²) < 4.78 is 7.58. The summed E-state index contributed by atoms with van der Waals surface area (Å²) in [5.74, 6) is -3.18. The fourth-order valence-corrected chi connectivity index (χ4v) is 5.84. The first-order chi connectivity index (χ1) is 20.8. The van der Waals surface area contributed by atoms with Crippen molar-refractivity contribution in [2.24, 2.45) is 5.73 Å². The minimum Gasteiger partial charge on any atom is -0.474 e. The number of H-pyrrole nitrogens is 1. The van der Waals surface area contributed by atoms with E-state index in [-0.39, 0.29) is 12.1 Å². The molecule has 12 heteroatoms. The minimum atomic E-state index is -1.61. The maximum absolute atomic E-state index is 13.4. The number of carboxylic acids is 1. The van der Waals surface area contributed by atoms with Crippen molar-refractivity contribution < 1.29 is 28.7 Å². The number of nitrogens with two attached hydrogens (primary N) is 1. The summed E-state index contributed by atoms with van der Waals surface area (Å²) in [6, 6.07) is 11.3. The van der Waals surface area contributed by atoms with Gasteiger partial charge in [0.1, 0.15) is 18.1 Å². The van der Waals surface area contributed by atoms with Crippen LogP contribution in [-0.4, -0.2) is 49.4 Å². The lowest BCUT2D eigenvalue weighted by molar-refractivity contribution is -0.147. The lowest BCUT2D eigenvalue weighted by Crippen LogP contribution is -2.45. The summed E-state index contributed by atoms with van der Waals surface area (Å²) in [5.41, 5.74) is 10.1. The van der Waals surface area contributed by atoms with Crippen molar-refractivity contribution in [3.05, 3.63) is 72.3 Å². The number of primary amides is 1. The number of aromatic nitrogens is 3. The monoisotopic (exact) mass is 582 g/mol. The van der Waals surface area contributed by atoms with E-state index < -0.39 is 29.7 Å². The van der Waals surface area contributed by atoms with E-state index in [1.54, 1.807) is 49.1 Å². The molecule has 6 N–H and O–H groups in total. The van der Waals surface area contributed by atoms with Gasteiger partial charge in [-0.1, -0.05) is 19.3 Å². The van der Waals surface area contributed by atoms with Crippen molar-refractivity contribution in [3.8, 4) is 11.4 Å². The molecule has 2 aromatic carbocycles. The number of imidazole rings is 1. The molecule has 43 heavy (non-hydrogen) atoms. The maximum atomic E-state index is 13.4. The number of aromatic amines is 1. The quantitative estimate of drug-likeness (QED) is 0.170. The summed E-state index contributed by atoms with van der Waals surface area (Å²) in [6.07, 6.45) is 10.7. The molecule has 0 unspecified atom stereocenters. The first-order valence-electron chi connectivity index (χ1n) is 14.1. The standard InChI is InChI=1S/C31H30N6O6/c32-27(38)25(13-19-15-33-23-8-7-20(14-22(19)23)34-30(40)31(41)42)36-29(39)17-6-9-26-24(12-17)35-28(18-10-11-43-16-18)37(26)21-4-2-1-3-5-21/h6-12,14-16,21,25,33H,1-5,13H2,(H2,32,38)(H,34,40)(H,36,39)(H,41,42)/t25-/m0/s1. The maximum Gasteiger partial charge on any atom is 0.394 e. The number of amides is 3. The van der Waals surface area contributed by atoms with Crippen molar-refractivity contribution in [1.29, 1.82) is 0 Å². The van der Waals surface area contributed by atoms with Gasteiger partial charge in [-0.25, -0.2) is 9.78 Å². The van der Waals surface area contributed by atoms with Gasteiger partial charge in [0.25, 0.3) is 5.91 Å². The molecule has 5 aromatic rings. The molecule has 0 spiro atoms. The van der Waals surface area contributed by atoms with E-state index in [9.17, 15) is 19.2 Å². The molecule has 1 saturated carbocycles. The van der Waals surface area contributed by atoms with Gasteiger partial charge in [-0.15, -0.1) is 0 Å². The molecule has 0 bridgehead atoms. The Bertz CT molecular complexity index is 1850. The Morgan fingerprint density at radius 3 is 2.63 bits per heavy atom. The van der Waals surface area contributed by atoms with Crippen LogP contribution in [0.2, 0.25) is 0 Å². The third-order valence-corrected chi connectivity index (χ3v) is 7.96. The van der Waals surface area contributed by atoms with Crippen LogP contribution in [0.3, 0.4) is 0 Å². The molecule has 0 radical (unpaired) electrons. The number of hydrogen-bond donors (Lipinski definition) is 5. The van der Waals surface area contributed by atoms with E-state index in [0.29, 0.717) is 33.6 Å². The van der Waals surface area contributed by atoms with Crippen LogP contribution >= 0.6 is 0 Å². The molecule has 6 rings (SSSR count). The number of carboxylic acid groups (broad SMARTS) is 1. The van der Waals surface area contributed by atoms with Gasteiger partial charge in [-0.2, -0.15) is 0 Å². The number of anilines is 1. The molecule has 220 valence electrons. The van der Waals surface area contributed by atoms with Crippen LogP contribution in [0.25, 0.3) is 33.3 Å². The van der Waals surface area contributed by atoms with Gasteiger partial charge < -0.3 is 35.4 Å². The lowest BCUT2D eigenvalue weighted by Gasteiger charge is -2.25. The predicted molar refractivity (Wildman–Crippen MR) is 158 cm³/mol. The van der Waals surface area contributed by atoms with Crippen LogP contribution in [0.5, 0.6) is 0 Å². The second-order valence-electron chi connectivity index (χ2n) is 10.8. The van der Waals surface area contributed by atoms with Crippen LogP contribution in [0, 0.1) is 0 Å². The molecule has 1 fully saturated rings. The average molecular weight is 583 g/mol. The number of nitrogens with one attached hydrogen (secondary N) is 3. The molecule has 0 saturated heterocycles. The van der Waals surface area contributed by atoms with Crippen LogP contribution in [0.4, 0.5) is 5.69 Å².